The van der Waals surface area contributed by atoms with Crippen LogP contribution < -0.4 is 9.80 Å². The van der Waals surface area contributed by atoms with E-state index in [1.807, 2.05) is 0 Å². The van der Waals surface area contributed by atoms with Crippen molar-refractivity contribution in [1.82, 2.24) is 0 Å². The summed E-state index contributed by atoms with van der Waals surface area (Å²) < 4.78 is 0. The molecule has 0 aliphatic carbocycles. The van der Waals surface area contributed by atoms with E-state index in [1.54, 1.807) is 0 Å². The molecule has 0 aromatic heterocycles. The molecule has 3 aromatic rings. The Morgan fingerprint density at radius 2 is 0.389 bits per heavy atom. The van der Waals surface area contributed by atoms with Gasteiger partial charge in [0, 0.05) is 39.6 Å². The highest BCUT2D eigenvalue weighted by molar-refractivity contribution is 5.90. The van der Waals surface area contributed by atoms with Crippen molar-refractivity contribution >= 4 is 11.4 Å². The smallest absolute Gasteiger partial charge is 0.0426 e. The summed E-state index contributed by atoms with van der Waals surface area (Å²) in [6, 6.07) is 0. The van der Waals surface area contributed by atoms with Crippen LogP contribution in [0.5, 0.6) is 0 Å². The third kappa shape index (κ3) is 3.94. The van der Waals surface area contributed by atoms with Gasteiger partial charge in [0.1, 0.15) is 0 Å². The van der Waals surface area contributed by atoms with Crippen LogP contribution in [0.3, 0.4) is 0 Å². The minimum absolute atomic E-state index is 1.35. The molecule has 36 heavy (non-hydrogen) atoms. The summed E-state index contributed by atoms with van der Waals surface area (Å²) in [5.41, 5.74) is 25.1. The highest BCUT2D eigenvalue weighted by Gasteiger charge is 2.26. The summed E-state index contributed by atoms with van der Waals surface area (Å²) in [4.78, 5) is 4.53. The van der Waals surface area contributed by atoms with Gasteiger partial charge >= 0.3 is 0 Å². The molecular weight excluding hydrogens is 436 g/mol. The van der Waals surface area contributed by atoms with Crippen LogP contribution >= 0.6 is 0 Å². The number of nitrogens with zero attached hydrogens (tertiary/aromatic N) is 2. The maximum absolute atomic E-state index is 2.34. The topological polar surface area (TPSA) is 6.48 Å². The van der Waals surface area contributed by atoms with Gasteiger partial charge in [-0.15, -0.1) is 0 Å². The zero-order valence-electron chi connectivity index (χ0n) is 25.9. The van der Waals surface area contributed by atoms with Gasteiger partial charge in [0.15, 0.2) is 0 Å². The molecule has 2 nitrogen and oxygen atoms in total. The van der Waals surface area contributed by atoms with Crippen molar-refractivity contribution in [3.63, 3.8) is 0 Å². The van der Waals surface area contributed by atoms with Gasteiger partial charge in [-0.1, -0.05) is 0 Å². The van der Waals surface area contributed by atoms with Gasteiger partial charge in [0.05, 0.1) is 0 Å². The van der Waals surface area contributed by atoms with Crippen LogP contribution in [0, 0.1) is 83.1 Å². The number of hydrogen-bond donors (Lipinski definition) is 0. The Morgan fingerprint density at radius 3 is 0.528 bits per heavy atom. The average Bonchev–Trinajstić information content (AvgIpc) is 2.79. The Hall–Kier alpha value is -2.74. The van der Waals surface area contributed by atoms with Crippen LogP contribution in [0.15, 0.2) is 0 Å². The van der Waals surface area contributed by atoms with E-state index >= 15 is 0 Å². The molecule has 2 heteroatoms. The molecule has 0 unspecified atom stereocenters. The summed E-state index contributed by atoms with van der Waals surface area (Å²) in [7, 11) is 8.63. The fourth-order valence-electron chi connectivity index (χ4n) is 6.74. The van der Waals surface area contributed by atoms with Crippen molar-refractivity contribution in [2.45, 2.75) is 83.1 Å². The van der Waals surface area contributed by atoms with Gasteiger partial charge in [-0.2, -0.15) is 0 Å². The Balaban J connectivity index is 2.48. The van der Waals surface area contributed by atoms with E-state index < -0.39 is 0 Å². The number of hydrogen-bond acceptors (Lipinski definition) is 2. The first-order valence-corrected chi connectivity index (χ1v) is 13.2. The van der Waals surface area contributed by atoms with Gasteiger partial charge in [-0.25, -0.2) is 0 Å². The third-order valence-electron chi connectivity index (χ3n) is 9.19. The predicted octanol–water partition coefficient (Wildman–Crippen LogP) is 8.85. The quantitative estimate of drug-likeness (QED) is 0.365. The second-order valence-corrected chi connectivity index (χ2v) is 11.5. The molecule has 0 amide bonds. The lowest BCUT2D eigenvalue weighted by molar-refractivity contribution is 1.07. The van der Waals surface area contributed by atoms with Gasteiger partial charge in [0.2, 0.25) is 0 Å². The summed E-state index contributed by atoms with van der Waals surface area (Å²) in [5, 5.41) is 0. The maximum atomic E-state index is 2.34. The monoisotopic (exact) mass is 484 g/mol. The van der Waals surface area contributed by atoms with Crippen molar-refractivity contribution in [2.24, 2.45) is 0 Å². The molecule has 0 N–H and O–H groups in total. The number of anilines is 2. The molecule has 0 bridgehead atoms. The molecular formula is C34H48N2. The molecule has 0 saturated carbocycles. The fraction of sp³-hybridized carbons (Fsp3) is 0.471. The molecule has 0 saturated heterocycles. The fourth-order valence-corrected chi connectivity index (χ4v) is 6.74. The molecule has 194 valence electrons. The SMILES string of the molecule is Cc1c(C)c(-c2c(C)c(C)c(N(C)C)c(C)c2C)c(C)c(C)c1-c1c(C)c(C)c(N(C)C)c(C)c1C. The molecule has 0 aliphatic rings. The highest BCUT2D eigenvalue weighted by atomic mass is 15.1. The van der Waals surface area contributed by atoms with Crippen molar-refractivity contribution < 1.29 is 0 Å². The average molecular weight is 485 g/mol. The second-order valence-electron chi connectivity index (χ2n) is 11.5. The van der Waals surface area contributed by atoms with Gasteiger partial charge in [-0.3, -0.25) is 0 Å². The molecule has 3 rings (SSSR count). The van der Waals surface area contributed by atoms with E-state index in [0.717, 1.165) is 0 Å². The summed E-state index contributed by atoms with van der Waals surface area (Å²) >= 11 is 0. The minimum Gasteiger partial charge on any atom is -0.377 e. The molecule has 0 spiro atoms. The molecule has 0 atom stereocenters. The number of benzene rings is 3. The molecule has 0 aliphatic heterocycles. The second kappa shape index (κ2) is 9.61. The normalized spacial score (nSPS) is 11.3. The van der Waals surface area contributed by atoms with E-state index in [-0.39, 0.29) is 0 Å². The standard InChI is InChI=1S/C34H48N2/c1-17-18(2)30(32-23(7)27(11)34(36(15)16)28(12)24(32)8)20(4)19(3)29(17)31-21(5)25(9)33(35(13)14)26(10)22(31)6/h1-16H3. The Labute approximate surface area is 221 Å². The van der Waals surface area contributed by atoms with Crippen LogP contribution in [0.2, 0.25) is 0 Å². The predicted molar refractivity (Wildman–Crippen MR) is 163 cm³/mol. The van der Waals surface area contributed by atoms with Crippen LogP contribution in [0.1, 0.15) is 66.8 Å². The zero-order valence-corrected chi connectivity index (χ0v) is 25.9. The van der Waals surface area contributed by atoms with Crippen LogP contribution in [-0.2, 0) is 0 Å². The van der Waals surface area contributed by atoms with Crippen molar-refractivity contribution in [3.8, 4) is 22.3 Å². The van der Waals surface area contributed by atoms with E-state index in [2.05, 4.69) is 121 Å². The summed E-state index contributed by atoms with van der Waals surface area (Å²) in [6.45, 7) is 27.7. The third-order valence-corrected chi connectivity index (χ3v) is 9.19. The van der Waals surface area contributed by atoms with Crippen molar-refractivity contribution in [1.29, 1.82) is 0 Å². The molecule has 0 fully saturated rings. The number of rotatable bonds is 4. The first kappa shape index (κ1) is 27.8. The minimum atomic E-state index is 1.35. The van der Waals surface area contributed by atoms with Crippen molar-refractivity contribution in [3.05, 3.63) is 66.8 Å². The molecule has 0 radical (unpaired) electrons. The Kier molecular flexibility index (Phi) is 7.44. The van der Waals surface area contributed by atoms with E-state index in [1.165, 1.54) is 100 Å². The largest absolute Gasteiger partial charge is 0.377 e. The van der Waals surface area contributed by atoms with E-state index in [9.17, 15) is 0 Å². The van der Waals surface area contributed by atoms with Crippen molar-refractivity contribution in [2.75, 3.05) is 38.0 Å². The van der Waals surface area contributed by atoms with Gasteiger partial charge < -0.3 is 9.80 Å². The summed E-state index contributed by atoms with van der Waals surface area (Å²) in [5.74, 6) is 0. The Morgan fingerprint density at radius 1 is 0.250 bits per heavy atom. The molecule has 3 aromatic carbocycles. The van der Waals surface area contributed by atoms with E-state index in [0.29, 0.717) is 0 Å². The molecule has 0 heterocycles. The van der Waals surface area contributed by atoms with Crippen LogP contribution in [0.4, 0.5) is 11.4 Å². The van der Waals surface area contributed by atoms with Gasteiger partial charge in [-0.05, 0) is 172 Å². The lowest BCUT2D eigenvalue weighted by Crippen LogP contribution is -2.15. The lowest BCUT2D eigenvalue weighted by atomic mass is 9.77. The maximum Gasteiger partial charge on any atom is 0.0426 e. The first-order valence-electron chi connectivity index (χ1n) is 13.2. The van der Waals surface area contributed by atoms with E-state index in [4.69, 9.17) is 0 Å². The van der Waals surface area contributed by atoms with Crippen LogP contribution in [-0.4, -0.2) is 28.2 Å². The van der Waals surface area contributed by atoms with Gasteiger partial charge in [0.25, 0.3) is 0 Å². The highest BCUT2D eigenvalue weighted by Crippen LogP contribution is 2.47. The van der Waals surface area contributed by atoms with Crippen LogP contribution in [0.25, 0.3) is 22.3 Å². The zero-order chi connectivity index (χ0) is 27.5. The summed E-state index contributed by atoms with van der Waals surface area (Å²) in [6.07, 6.45) is 0. The Bertz CT molecular complexity index is 1190. The first-order chi connectivity index (χ1) is 16.6. The lowest BCUT2D eigenvalue weighted by Gasteiger charge is -2.30.